The monoisotopic (exact) mass is 301 g/mol. The Morgan fingerprint density at radius 1 is 1.19 bits per heavy atom. The number of piperazine rings is 1. The molecule has 0 atom stereocenters. The standard InChI is InChI=1S/C16H19N3OS/c1-18-7-9-19(10-8-18)16-17-14(12-21-16)11-15(20)13-5-3-2-4-6-13/h2-6,12H,7-11H2,1H3. The smallest absolute Gasteiger partial charge is 0.185 e. The third-order valence-corrected chi connectivity index (χ3v) is 4.70. The molecule has 0 radical (unpaired) electrons. The van der Waals surface area contributed by atoms with Gasteiger partial charge in [-0.15, -0.1) is 11.3 Å². The summed E-state index contributed by atoms with van der Waals surface area (Å²) in [6.07, 6.45) is 0.383. The number of rotatable bonds is 4. The van der Waals surface area contributed by atoms with Crippen molar-refractivity contribution in [3.05, 3.63) is 47.0 Å². The minimum Gasteiger partial charge on any atom is -0.346 e. The fraction of sp³-hybridized carbons (Fsp3) is 0.375. The number of hydrogen-bond donors (Lipinski definition) is 0. The number of thiazole rings is 1. The van der Waals surface area contributed by atoms with E-state index in [1.165, 1.54) is 0 Å². The molecule has 3 rings (SSSR count). The number of aromatic nitrogens is 1. The lowest BCUT2D eigenvalue weighted by molar-refractivity contribution is 0.0992. The number of benzene rings is 1. The predicted octanol–water partition coefficient (Wildman–Crippen LogP) is 2.32. The van der Waals surface area contributed by atoms with Crippen LogP contribution in [0, 0.1) is 0 Å². The Kier molecular flexibility index (Phi) is 4.31. The van der Waals surface area contributed by atoms with Crippen LogP contribution >= 0.6 is 11.3 Å². The molecule has 1 aliphatic rings. The molecule has 1 fully saturated rings. The van der Waals surface area contributed by atoms with E-state index >= 15 is 0 Å². The third kappa shape index (κ3) is 3.49. The average molecular weight is 301 g/mol. The van der Waals surface area contributed by atoms with E-state index in [0.717, 1.165) is 42.6 Å². The molecule has 4 nitrogen and oxygen atoms in total. The molecule has 0 spiro atoms. The van der Waals surface area contributed by atoms with Crippen molar-refractivity contribution in [3.8, 4) is 0 Å². The Labute approximate surface area is 129 Å². The van der Waals surface area contributed by atoms with Crippen molar-refractivity contribution >= 4 is 22.3 Å². The zero-order chi connectivity index (χ0) is 14.7. The van der Waals surface area contributed by atoms with Gasteiger partial charge in [-0.1, -0.05) is 30.3 Å². The number of carbonyl (C=O) groups is 1. The minimum atomic E-state index is 0.130. The lowest BCUT2D eigenvalue weighted by Crippen LogP contribution is -2.44. The molecule has 1 saturated heterocycles. The van der Waals surface area contributed by atoms with Gasteiger partial charge in [-0.2, -0.15) is 0 Å². The zero-order valence-corrected chi connectivity index (χ0v) is 13.0. The molecule has 5 heteroatoms. The van der Waals surface area contributed by atoms with Crippen molar-refractivity contribution in [3.63, 3.8) is 0 Å². The summed E-state index contributed by atoms with van der Waals surface area (Å²) in [5.74, 6) is 0.130. The second-order valence-corrected chi connectivity index (χ2v) is 6.21. The molecule has 1 aromatic heterocycles. The van der Waals surface area contributed by atoms with Crippen LogP contribution in [0.3, 0.4) is 0 Å². The van der Waals surface area contributed by atoms with Gasteiger partial charge in [0.15, 0.2) is 10.9 Å². The van der Waals surface area contributed by atoms with Gasteiger partial charge in [0, 0.05) is 37.1 Å². The van der Waals surface area contributed by atoms with Crippen LogP contribution in [0.25, 0.3) is 0 Å². The number of anilines is 1. The molecule has 0 N–H and O–H groups in total. The summed E-state index contributed by atoms with van der Waals surface area (Å²) in [7, 11) is 2.14. The molecule has 0 unspecified atom stereocenters. The fourth-order valence-corrected chi connectivity index (χ4v) is 3.29. The highest BCUT2D eigenvalue weighted by molar-refractivity contribution is 7.13. The van der Waals surface area contributed by atoms with E-state index in [1.54, 1.807) is 11.3 Å². The summed E-state index contributed by atoms with van der Waals surface area (Å²) >= 11 is 1.64. The van der Waals surface area contributed by atoms with Crippen molar-refractivity contribution in [2.24, 2.45) is 0 Å². The first-order valence-corrected chi connectivity index (χ1v) is 8.06. The van der Waals surface area contributed by atoms with Crippen LogP contribution in [0.5, 0.6) is 0 Å². The fourth-order valence-electron chi connectivity index (χ4n) is 2.41. The number of carbonyl (C=O) groups excluding carboxylic acids is 1. The topological polar surface area (TPSA) is 36.4 Å². The summed E-state index contributed by atoms with van der Waals surface area (Å²) in [6.45, 7) is 4.15. The van der Waals surface area contributed by atoms with Crippen LogP contribution in [0.4, 0.5) is 5.13 Å². The second kappa shape index (κ2) is 6.37. The van der Waals surface area contributed by atoms with E-state index in [0.29, 0.717) is 6.42 Å². The molecule has 21 heavy (non-hydrogen) atoms. The van der Waals surface area contributed by atoms with Gasteiger partial charge in [-0.3, -0.25) is 4.79 Å². The summed E-state index contributed by atoms with van der Waals surface area (Å²) in [5.41, 5.74) is 1.63. The van der Waals surface area contributed by atoms with Crippen LogP contribution in [0.2, 0.25) is 0 Å². The molecule has 0 bridgehead atoms. The first kappa shape index (κ1) is 14.2. The highest BCUT2D eigenvalue weighted by Crippen LogP contribution is 2.22. The first-order chi connectivity index (χ1) is 10.2. The third-order valence-electron chi connectivity index (χ3n) is 3.75. The lowest BCUT2D eigenvalue weighted by atomic mass is 10.1. The molecule has 110 valence electrons. The van der Waals surface area contributed by atoms with Gasteiger partial charge in [-0.25, -0.2) is 4.98 Å². The molecule has 0 aliphatic carbocycles. The van der Waals surface area contributed by atoms with Crippen molar-refractivity contribution in [1.82, 2.24) is 9.88 Å². The van der Waals surface area contributed by atoms with Gasteiger partial charge in [0.2, 0.25) is 0 Å². The highest BCUT2D eigenvalue weighted by Gasteiger charge is 2.17. The number of ketones is 1. The van der Waals surface area contributed by atoms with Crippen LogP contribution < -0.4 is 4.90 Å². The SMILES string of the molecule is CN1CCN(c2nc(CC(=O)c3ccccc3)cs2)CC1. The predicted molar refractivity (Wildman–Crippen MR) is 86.3 cm³/mol. The Bertz CT molecular complexity index is 603. The van der Waals surface area contributed by atoms with Crippen LogP contribution in [0.15, 0.2) is 35.7 Å². The Hall–Kier alpha value is -1.72. The summed E-state index contributed by atoms with van der Waals surface area (Å²) in [6, 6.07) is 9.42. The molecule has 0 saturated carbocycles. The highest BCUT2D eigenvalue weighted by atomic mass is 32.1. The Balaban J connectivity index is 1.64. The van der Waals surface area contributed by atoms with Crippen LogP contribution in [-0.2, 0) is 6.42 Å². The molecule has 1 aromatic carbocycles. The molecule has 1 aliphatic heterocycles. The van der Waals surface area contributed by atoms with Crippen molar-refractivity contribution < 1.29 is 4.79 Å². The van der Waals surface area contributed by atoms with E-state index in [-0.39, 0.29) is 5.78 Å². The van der Waals surface area contributed by atoms with E-state index in [2.05, 4.69) is 21.8 Å². The van der Waals surface area contributed by atoms with Crippen molar-refractivity contribution in [1.29, 1.82) is 0 Å². The molecule has 2 heterocycles. The van der Waals surface area contributed by atoms with Crippen LogP contribution in [-0.4, -0.2) is 48.9 Å². The van der Waals surface area contributed by atoms with Crippen molar-refractivity contribution in [2.45, 2.75) is 6.42 Å². The number of likely N-dealkylation sites (N-methyl/N-ethyl adjacent to an activating group) is 1. The Morgan fingerprint density at radius 2 is 1.90 bits per heavy atom. The van der Waals surface area contributed by atoms with Gasteiger partial charge < -0.3 is 9.80 Å². The summed E-state index contributed by atoms with van der Waals surface area (Å²) in [4.78, 5) is 21.4. The maximum absolute atomic E-state index is 12.2. The van der Waals surface area contributed by atoms with Crippen LogP contribution in [0.1, 0.15) is 16.1 Å². The second-order valence-electron chi connectivity index (χ2n) is 5.38. The van der Waals surface area contributed by atoms with E-state index < -0.39 is 0 Å². The van der Waals surface area contributed by atoms with Gasteiger partial charge in [0.1, 0.15) is 0 Å². The maximum atomic E-state index is 12.2. The van der Waals surface area contributed by atoms with E-state index in [9.17, 15) is 4.79 Å². The van der Waals surface area contributed by atoms with Gasteiger partial charge in [0.05, 0.1) is 12.1 Å². The minimum absolute atomic E-state index is 0.130. The zero-order valence-electron chi connectivity index (χ0n) is 12.2. The first-order valence-electron chi connectivity index (χ1n) is 7.18. The van der Waals surface area contributed by atoms with Gasteiger partial charge in [0.25, 0.3) is 0 Å². The molecule has 0 amide bonds. The summed E-state index contributed by atoms with van der Waals surface area (Å²) < 4.78 is 0. The molecular formula is C16H19N3OS. The largest absolute Gasteiger partial charge is 0.346 e. The maximum Gasteiger partial charge on any atom is 0.185 e. The quantitative estimate of drug-likeness (QED) is 0.812. The molecule has 2 aromatic rings. The molecular weight excluding hydrogens is 282 g/mol. The number of Topliss-reactive ketones (excluding diaryl/α,β-unsaturated/α-hetero) is 1. The lowest BCUT2D eigenvalue weighted by Gasteiger charge is -2.32. The number of nitrogens with zero attached hydrogens (tertiary/aromatic N) is 3. The summed E-state index contributed by atoms with van der Waals surface area (Å²) in [5, 5.41) is 3.05. The Morgan fingerprint density at radius 3 is 2.62 bits per heavy atom. The van der Waals surface area contributed by atoms with Crippen molar-refractivity contribution in [2.75, 3.05) is 38.1 Å². The van der Waals surface area contributed by atoms with E-state index in [4.69, 9.17) is 0 Å². The average Bonchev–Trinajstić information content (AvgIpc) is 2.97. The normalized spacial score (nSPS) is 16.1. The van der Waals surface area contributed by atoms with Gasteiger partial charge in [-0.05, 0) is 7.05 Å². The number of hydrogen-bond acceptors (Lipinski definition) is 5. The van der Waals surface area contributed by atoms with Gasteiger partial charge >= 0.3 is 0 Å². The van der Waals surface area contributed by atoms with E-state index in [1.807, 2.05) is 35.7 Å².